The third-order valence-electron chi connectivity index (χ3n) is 7.58. The molecule has 1 aromatic carbocycles. The molecule has 0 unspecified atom stereocenters. The van der Waals surface area contributed by atoms with Crippen molar-refractivity contribution in [2.24, 2.45) is 0 Å². The molecule has 0 aliphatic carbocycles. The Labute approximate surface area is 229 Å². The summed E-state index contributed by atoms with van der Waals surface area (Å²) in [6, 6.07) is 5.88. The first kappa shape index (κ1) is 27.0. The number of benzene rings is 1. The van der Waals surface area contributed by atoms with Crippen LogP contribution in [0.2, 0.25) is 0 Å². The fourth-order valence-corrected chi connectivity index (χ4v) is 6.27. The second-order valence-corrected chi connectivity index (χ2v) is 11.7. The molecule has 11 heteroatoms. The van der Waals surface area contributed by atoms with Crippen molar-refractivity contribution in [2.75, 3.05) is 26.7 Å². The van der Waals surface area contributed by atoms with Crippen LogP contribution in [0.15, 0.2) is 41.5 Å². The van der Waals surface area contributed by atoms with Gasteiger partial charge in [-0.2, -0.15) is 0 Å². The minimum absolute atomic E-state index is 0.0729. The van der Waals surface area contributed by atoms with E-state index in [0.29, 0.717) is 30.9 Å². The number of ether oxygens (including phenoxy) is 1. The lowest BCUT2D eigenvalue weighted by Crippen LogP contribution is -2.61. The first-order valence-corrected chi connectivity index (χ1v) is 13.7. The summed E-state index contributed by atoms with van der Waals surface area (Å²) in [5.74, 6) is -1.75. The number of hydrogen-bond acceptors (Lipinski definition) is 7. The molecular weight excluding hydrogens is 523 g/mol. The zero-order valence-corrected chi connectivity index (χ0v) is 23.1. The standard InChI is InChI=1S/C28H31FN4O5S/c1-16(2)32-15-28(3,27(37)31-10-9-19(13-31)38-4)33-14-21(23(34)24(35)22(33)26(32)36)25-30-12-20(39-25)11-17-5-7-18(29)8-6-17/h5-8,12,14,16,19,35H,9-11,13,15H2,1-4H3/t19-,28-/m1/s1. The van der Waals surface area contributed by atoms with Gasteiger partial charge < -0.3 is 24.2 Å². The lowest BCUT2D eigenvalue weighted by atomic mass is 9.92. The molecular formula is C28H31FN4O5S. The van der Waals surface area contributed by atoms with E-state index in [-0.39, 0.29) is 41.7 Å². The van der Waals surface area contributed by atoms with E-state index in [2.05, 4.69) is 4.98 Å². The molecule has 2 aliphatic rings. The maximum Gasteiger partial charge on any atom is 0.274 e. The number of carbonyl (C=O) groups is 2. The maximum absolute atomic E-state index is 14.0. The second kappa shape index (κ2) is 10.2. The van der Waals surface area contributed by atoms with Crippen LogP contribution in [0.3, 0.4) is 0 Å². The molecule has 0 saturated carbocycles. The zero-order chi connectivity index (χ0) is 28.1. The van der Waals surface area contributed by atoms with Crippen LogP contribution >= 0.6 is 11.3 Å². The third-order valence-corrected chi connectivity index (χ3v) is 8.61. The number of halogens is 1. The van der Waals surface area contributed by atoms with E-state index in [1.54, 1.807) is 37.3 Å². The van der Waals surface area contributed by atoms with E-state index in [0.717, 1.165) is 10.4 Å². The highest BCUT2D eigenvalue weighted by atomic mass is 32.1. The largest absolute Gasteiger partial charge is 0.503 e. The van der Waals surface area contributed by atoms with E-state index in [9.17, 15) is 23.9 Å². The van der Waals surface area contributed by atoms with Crippen LogP contribution in [0.25, 0.3) is 10.6 Å². The summed E-state index contributed by atoms with van der Waals surface area (Å²) < 4.78 is 20.2. The number of methoxy groups -OCH3 is 1. The van der Waals surface area contributed by atoms with Crippen molar-refractivity contribution in [3.05, 3.63) is 68.8 Å². The van der Waals surface area contributed by atoms with E-state index in [4.69, 9.17) is 4.74 Å². The molecule has 0 radical (unpaired) electrons. The number of fused-ring (bicyclic) bond motifs is 1. The number of aromatic hydroxyl groups is 1. The number of hydrogen-bond donors (Lipinski definition) is 1. The van der Waals surface area contributed by atoms with Crippen molar-refractivity contribution in [1.82, 2.24) is 19.4 Å². The van der Waals surface area contributed by atoms with Crippen molar-refractivity contribution >= 4 is 23.2 Å². The van der Waals surface area contributed by atoms with Gasteiger partial charge in [-0.05, 0) is 44.9 Å². The highest BCUT2D eigenvalue weighted by Crippen LogP contribution is 2.36. The highest BCUT2D eigenvalue weighted by Gasteiger charge is 2.49. The lowest BCUT2D eigenvalue weighted by Gasteiger charge is -2.45. The molecule has 1 saturated heterocycles. The van der Waals surface area contributed by atoms with Crippen LogP contribution in [0.5, 0.6) is 5.75 Å². The molecule has 2 amide bonds. The van der Waals surface area contributed by atoms with Crippen LogP contribution in [0, 0.1) is 5.82 Å². The number of aromatic nitrogens is 2. The monoisotopic (exact) mass is 554 g/mol. The predicted molar refractivity (Wildman–Crippen MR) is 144 cm³/mol. The molecule has 206 valence electrons. The molecule has 1 fully saturated rings. The molecule has 2 aliphatic heterocycles. The van der Waals surface area contributed by atoms with Gasteiger partial charge in [0, 0.05) is 49.9 Å². The molecule has 2 atom stereocenters. The second-order valence-electron chi connectivity index (χ2n) is 10.6. The summed E-state index contributed by atoms with van der Waals surface area (Å²) in [5.41, 5.74) is -1.21. The van der Waals surface area contributed by atoms with E-state index >= 15 is 0 Å². The quantitative estimate of drug-likeness (QED) is 0.502. The van der Waals surface area contributed by atoms with Crippen LogP contribution in [-0.2, 0) is 21.5 Å². The molecule has 3 aromatic rings. The summed E-state index contributed by atoms with van der Waals surface area (Å²) in [7, 11) is 1.61. The zero-order valence-electron chi connectivity index (χ0n) is 22.3. The van der Waals surface area contributed by atoms with Gasteiger partial charge in [-0.25, -0.2) is 9.37 Å². The van der Waals surface area contributed by atoms with Gasteiger partial charge >= 0.3 is 0 Å². The Balaban J connectivity index is 1.59. The van der Waals surface area contributed by atoms with Crippen molar-refractivity contribution in [2.45, 2.75) is 51.3 Å². The van der Waals surface area contributed by atoms with Gasteiger partial charge in [-0.1, -0.05) is 12.1 Å². The average molecular weight is 555 g/mol. The summed E-state index contributed by atoms with van der Waals surface area (Å²) in [6.45, 7) is 6.41. The normalized spacial score (nSPS) is 21.1. The van der Waals surface area contributed by atoms with Gasteiger partial charge in [0.2, 0.25) is 11.3 Å². The molecule has 2 aromatic heterocycles. The van der Waals surface area contributed by atoms with E-state index in [1.165, 1.54) is 39.1 Å². The predicted octanol–water partition coefficient (Wildman–Crippen LogP) is 3.23. The number of nitrogens with zero attached hydrogens (tertiary/aromatic N) is 4. The molecule has 39 heavy (non-hydrogen) atoms. The van der Waals surface area contributed by atoms with Crippen molar-refractivity contribution in [3.63, 3.8) is 0 Å². The number of likely N-dealkylation sites (tertiary alicyclic amines) is 1. The van der Waals surface area contributed by atoms with Crippen LogP contribution < -0.4 is 5.43 Å². The number of pyridine rings is 1. The minimum atomic E-state index is -1.27. The van der Waals surface area contributed by atoms with Crippen LogP contribution in [0.4, 0.5) is 4.39 Å². The Morgan fingerprint density at radius 3 is 2.64 bits per heavy atom. The van der Waals surface area contributed by atoms with E-state index in [1.807, 2.05) is 13.8 Å². The third kappa shape index (κ3) is 4.74. The fraction of sp³-hybridized carbons (Fsp3) is 0.429. The Hall–Kier alpha value is -3.57. The lowest BCUT2D eigenvalue weighted by molar-refractivity contribution is -0.141. The molecule has 4 heterocycles. The number of rotatable bonds is 6. The Bertz CT molecular complexity index is 1480. The van der Waals surface area contributed by atoms with Gasteiger partial charge in [-0.15, -0.1) is 11.3 Å². The smallest absolute Gasteiger partial charge is 0.274 e. The topological polar surface area (TPSA) is 105 Å². The van der Waals surface area contributed by atoms with Crippen molar-refractivity contribution in [3.8, 4) is 16.3 Å². The SMILES string of the molecule is CO[C@@H]1CCN(C(=O)[C@@]2(C)CN(C(C)C)C(=O)c3c(O)c(=O)c(-c4ncc(Cc5ccc(F)cc5)s4)cn32)C1. The van der Waals surface area contributed by atoms with E-state index < -0.39 is 22.6 Å². The minimum Gasteiger partial charge on any atom is -0.503 e. The fourth-order valence-electron chi connectivity index (χ4n) is 5.31. The number of amides is 2. The first-order valence-electron chi connectivity index (χ1n) is 12.8. The van der Waals surface area contributed by atoms with Gasteiger partial charge in [0.15, 0.2) is 11.4 Å². The average Bonchev–Trinajstić information content (AvgIpc) is 3.58. The highest BCUT2D eigenvalue weighted by molar-refractivity contribution is 7.15. The maximum atomic E-state index is 14.0. The Morgan fingerprint density at radius 2 is 2.00 bits per heavy atom. The van der Waals surface area contributed by atoms with Gasteiger partial charge in [0.25, 0.3) is 5.91 Å². The van der Waals surface area contributed by atoms with Gasteiger partial charge in [0.1, 0.15) is 16.4 Å². The number of carbonyl (C=O) groups excluding carboxylic acids is 2. The van der Waals surface area contributed by atoms with Crippen molar-refractivity contribution in [1.29, 1.82) is 0 Å². The Kier molecular flexibility index (Phi) is 7.06. The number of thiazole rings is 1. The van der Waals surface area contributed by atoms with Crippen LogP contribution in [0.1, 0.15) is 48.1 Å². The van der Waals surface area contributed by atoms with Crippen molar-refractivity contribution < 1.29 is 23.8 Å². The summed E-state index contributed by atoms with van der Waals surface area (Å²) in [5, 5.41) is 11.5. The summed E-state index contributed by atoms with van der Waals surface area (Å²) in [6.07, 6.45) is 4.24. The molecule has 5 rings (SSSR count). The summed E-state index contributed by atoms with van der Waals surface area (Å²) in [4.78, 5) is 49.3. The first-order chi connectivity index (χ1) is 18.5. The summed E-state index contributed by atoms with van der Waals surface area (Å²) >= 11 is 1.27. The van der Waals surface area contributed by atoms with Gasteiger partial charge in [0.05, 0.1) is 18.2 Å². The van der Waals surface area contributed by atoms with Gasteiger partial charge in [-0.3, -0.25) is 14.4 Å². The molecule has 9 nitrogen and oxygen atoms in total. The molecule has 0 bridgehead atoms. The molecule has 0 spiro atoms. The Morgan fingerprint density at radius 1 is 1.28 bits per heavy atom. The molecule has 1 N–H and O–H groups in total. The van der Waals surface area contributed by atoms with Crippen LogP contribution in [-0.4, -0.2) is 75.2 Å².